The largest absolute Gasteiger partial charge is 0.321 e. The van der Waals surface area contributed by atoms with Crippen LogP contribution in [0.3, 0.4) is 0 Å². The van der Waals surface area contributed by atoms with E-state index in [1.807, 2.05) is 10.9 Å². The van der Waals surface area contributed by atoms with Gasteiger partial charge in [-0.3, -0.25) is 4.90 Å². The second-order valence-electron chi connectivity index (χ2n) is 5.22. The number of piperazine rings is 1. The van der Waals surface area contributed by atoms with Gasteiger partial charge in [0.25, 0.3) is 0 Å². The minimum absolute atomic E-state index is 0.0284. The third-order valence-electron chi connectivity index (χ3n) is 3.74. The summed E-state index contributed by atoms with van der Waals surface area (Å²) >= 11 is 0. The van der Waals surface area contributed by atoms with Gasteiger partial charge in [0.2, 0.25) is 0 Å². The molecule has 1 fully saturated rings. The Labute approximate surface area is 109 Å². The molecule has 2 heterocycles. The summed E-state index contributed by atoms with van der Waals surface area (Å²) in [5.41, 5.74) is 7.47. The summed E-state index contributed by atoms with van der Waals surface area (Å²) in [5.74, 6) is 0. The maximum Gasteiger partial charge on any atom is 0.0770 e. The van der Waals surface area contributed by atoms with Crippen LogP contribution in [0.25, 0.3) is 0 Å². The zero-order valence-corrected chi connectivity index (χ0v) is 11.6. The van der Waals surface area contributed by atoms with Crippen molar-refractivity contribution < 1.29 is 0 Å². The Bertz CT molecular complexity index is 376. The first-order valence-electron chi connectivity index (χ1n) is 6.66. The van der Waals surface area contributed by atoms with E-state index >= 15 is 0 Å². The van der Waals surface area contributed by atoms with E-state index in [1.54, 1.807) is 0 Å². The van der Waals surface area contributed by atoms with E-state index in [1.165, 1.54) is 0 Å². The van der Waals surface area contributed by atoms with Gasteiger partial charge in [-0.25, -0.2) is 4.68 Å². The number of likely N-dealkylation sites (N-methyl/N-ethyl adjacent to an activating group) is 2. The predicted octanol–water partition coefficient (Wildman–Crippen LogP) is -0.0663. The van der Waals surface area contributed by atoms with Crippen molar-refractivity contribution in [2.75, 3.05) is 33.7 Å². The predicted molar refractivity (Wildman–Crippen MR) is 71.2 cm³/mol. The summed E-state index contributed by atoms with van der Waals surface area (Å²) in [6.07, 6.45) is 2.85. The quantitative estimate of drug-likeness (QED) is 0.813. The number of nitrogens with two attached hydrogens (primary N) is 1. The fraction of sp³-hybridized carbons (Fsp3) is 0.833. The third kappa shape index (κ3) is 2.71. The first-order chi connectivity index (χ1) is 8.63. The molecule has 0 amide bonds. The monoisotopic (exact) mass is 252 g/mol. The van der Waals surface area contributed by atoms with Gasteiger partial charge >= 0.3 is 0 Å². The van der Waals surface area contributed by atoms with Crippen molar-refractivity contribution in [3.63, 3.8) is 0 Å². The molecule has 2 N–H and O–H groups in total. The molecule has 2 rings (SSSR count). The van der Waals surface area contributed by atoms with Gasteiger partial charge in [-0.1, -0.05) is 12.1 Å². The average Bonchev–Trinajstić information content (AvgIpc) is 2.80. The molecule has 1 saturated heterocycles. The third-order valence-corrected chi connectivity index (χ3v) is 3.74. The molecule has 1 aliphatic heterocycles. The Morgan fingerprint density at radius 2 is 2.22 bits per heavy atom. The highest BCUT2D eigenvalue weighted by atomic mass is 15.4. The van der Waals surface area contributed by atoms with Crippen LogP contribution in [0.15, 0.2) is 6.20 Å². The summed E-state index contributed by atoms with van der Waals surface area (Å²) in [6.45, 7) is 6.18. The van der Waals surface area contributed by atoms with E-state index in [2.05, 4.69) is 41.1 Å². The minimum atomic E-state index is -0.0284. The lowest BCUT2D eigenvalue weighted by atomic mass is 10.0. The molecule has 1 aliphatic rings. The Morgan fingerprint density at radius 1 is 1.44 bits per heavy atom. The molecule has 18 heavy (non-hydrogen) atoms. The van der Waals surface area contributed by atoms with Crippen LogP contribution in [0, 0.1) is 0 Å². The van der Waals surface area contributed by atoms with Crippen LogP contribution in [-0.2, 0) is 6.54 Å². The van der Waals surface area contributed by atoms with Gasteiger partial charge in [0.15, 0.2) is 0 Å². The van der Waals surface area contributed by atoms with Crippen LogP contribution in [-0.4, -0.2) is 64.6 Å². The second-order valence-corrected chi connectivity index (χ2v) is 5.22. The van der Waals surface area contributed by atoms with Gasteiger partial charge in [0, 0.05) is 32.2 Å². The maximum atomic E-state index is 6.43. The van der Waals surface area contributed by atoms with Crippen molar-refractivity contribution in [1.29, 1.82) is 0 Å². The van der Waals surface area contributed by atoms with Gasteiger partial charge in [-0.2, -0.15) is 0 Å². The smallest absolute Gasteiger partial charge is 0.0770 e. The second kappa shape index (κ2) is 5.77. The molecular weight excluding hydrogens is 228 g/mol. The Kier molecular flexibility index (Phi) is 4.31. The number of aromatic nitrogens is 3. The number of hydrogen-bond acceptors (Lipinski definition) is 5. The molecule has 0 bridgehead atoms. The van der Waals surface area contributed by atoms with Crippen molar-refractivity contribution in [2.24, 2.45) is 5.73 Å². The minimum Gasteiger partial charge on any atom is -0.321 e. The highest BCUT2D eigenvalue weighted by Crippen LogP contribution is 2.20. The van der Waals surface area contributed by atoms with Crippen molar-refractivity contribution in [2.45, 2.75) is 32.0 Å². The normalized spacial score (nSPS) is 24.3. The zero-order valence-electron chi connectivity index (χ0n) is 11.6. The topological polar surface area (TPSA) is 63.2 Å². The van der Waals surface area contributed by atoms with Crippen LogP contribution in [0.1, 0.15) is 25.1 Å². The van der Waals surface area contributed by atoms with Gasteiger partial charge in [0.1, 0.15) is 0 Å². The van der Waals surface area contributed by atoms with E-state index in [4.69, 9.17) is 5.73 Å². The lowest BCUT2D eigenvalue weighted by Gasteiger charge is -2.40. The molecule has 6 nitrogen and oxygen atoms in total. The Hall–Kier alpha value is -0.980. The fourth-order valence-corrected chi connectivity index (χ4v) is 2.54. The average molecular weight is 252 g/mol. The Balaban J connectivity index is 2.13. The van der Waals surface area contributed by atoms with Crippen LogP contribution >= 0.6 is 0 Å². The van der Waals surface area contributed by atoms with Gasteiger partial charge in [-0.15, -0.1) is 5.10 Å². The summed E-state index contributed by atoms with van der Waals surface area (Å²) in [4.78, 5) is 4.67. The van der Waals surface area contributed by atoms with E-state index in [9.17, 15) is 0 Å². The van der Waals surface area contributed by atoms with Crippen molar-refractivity contribution in [1.82, 2.24) is 24.8 Å². The van der Waals surface area contributed by atoms with E-state index in [0.29, 0.717) is 6.04 Å². The zero-order chi connectivity index (χ0) is 13.1. The lowest BCUT2D eigenvalue weighted by molar-refractivity contribution is 0.0953. The lowest BCUT2D eigenvalue weighted by Crippen LogP contribution is -2.54. The number of rotatable bonds is 4. The maximum absolute atomic E-state index is 6.43. The first-order valence-corrected chi connectivity index (χ1v) is 6.66. The van der Waals surface area contributed by atoms with Gasteiger partial charge in [-0.05, 0) is 20.5 Å². The van der Waals surface area contributed by atoms with E-state index in [0.717, 1.165) is 38.3 Å². The highest BCUT2D eigenvalue weighted by Gasteiger charge is 2.30. The van der Waals surface area contributed by atoms with Crippen molar-refractivity contribution in [3.8, 4) is 0 Å². The molecule has 6 heteroatoms. The number of hydrogen-bond donors (Lipinski definition) is 1. The van der Waals surface area contributed by atoms with Crippen LogP contribution in [0.4, 0.5) is 0 Å². The molecule has 2 atom stereocenters. The summed E-state index contributed by atoms with van der Waals surface area (Å²) in [6, 6.07) is 0.303. The van der Waals surface area contributed by atoms with Crippen LogP contribution in [0.5, 0.6) is 0 Å². The molecule has 0 radical (unpaired) electrons. The molecule has 2 unspecified atom stereocenters. The number of aryl methyl sites for hydroxylation is 1. The molecule has 0 saturated carbocycles. The molecule has 0 aromatic carbocycles. The highest BCUT2D eigenvalue weighted by molar-refractivity contribution is 5.07. The van der Waals surface area contributed by atoms with Crippen molar-refractivity contribution >= 4 is 0 Å². The van der Waals surface area contributed by atoms with Gasteiger partial charge in [0.05, 0.1) is 17.9 Å². The van der Waals surface area contributed by atoms with Gasteiger partial charge < -0.3 is 10.6 Å². The first kappa shape index (κ1) is 13.5. The molecule has 1 aromatic heterocycles. The molecule has 1 aromatic rings. The molecule has 0 spiro atoms. The van der Waals surface area contributed by atoms with E-state index in [-0.39, 0.29) is 6.04 Å². The van der Waals surface area contributed by atoms with Crippen LogP contribution < -0.4 is 5.73 Å². The molecule has 0 aliphatic carbocycles. The summed E-state index contributed by atoms with van der Waals surface area (Å²) in [5, 5.41) is 8.12. The van der Waals surface area contributed by atoms with Crippen molar-refractivity contribution in [3.05, 3.63) is 11.9 Å². The fourth-order valence-electron chi connectivity index (χ4n) is 2.54. The number of nitrogens with zero attached hydrogens (tertiary/aromatic N) is 5. The summed E-state index contributed by atoms with van der Waals surface area (Å²) < 4.78 is 1.94. The molecular formula is C12H24N6. The molecule has 102 valence electrons. The van der Waals surface area contributed by atoms with E-state index < -0.39 is 0 Å². The Morgan fingerprint density at radius 3 is 2.94 bits per heavy atom. The standard InChI is InChI=1S/C12H24N6/c1-4-5-18-10(8-14-15-18)12(13)11-9-16(2)6-7-17(11)3/h8,11-12H,4-7,9,13H2,1-3H3. The summed E-state index contributed by atoms with van der Waals surface area (Å²) in [7, 11) is 4.29. The SMILES string of the molecule is CCCn1nncc1C(N)C1CN(C)CCN1C. The van der Waals surface area contributed by atoms with Crippen LogP contribution in [0.2, 0.25) is 0 Å².